The molecule has 2 aliphatic rings. The standard InChI is InChI=1S/C14H16ClNO2/c1-9-13(17)12-10(15)3-2-4-11(12)18-14(9)5-7-16-8-6-14/h2-4,9,16H,5-8H2,1H3. The van der Waals surface area contributed by atoms with Crippen LogP contribution >= 0.6 is 11.6 Å². The summed E-state index contributed by atoms with van der Waals surface area (Å²) in [5, 5.41) is 3.80. The maximum Gasteiger partial charge on any atom is 0.174 e. The molecule has 1 saturated heterocycles. The molecule has 1 unspecified atom stereocenters. The summed E-state index contributed by atoms with van der Waals surface area (Å²) < 4.78 is 6.18. The van der Waals surface area contributed by atoms with Gasteiger partial charge in [-0.05, 0) is 25.2 Å². The number of benzene rings is 1. The van der Waals surface area contributed by atoms with Crippen LogP contribution in [0.2, 0.25) is 5.02 Å². The number of rotatable bonds is 0. The van der Waals surface area contributed by atoms with Gasteiger partial charge in [-0.2, -0.15) is 0 Å². The third-order valence-electron chi connectivity index (χ3n) is 4.17. The lowest BCUT2D eigenvalue weighted by molar-refractivity contribution is -0.0152. The summed E-state index contributed by atoms with van der Waals surface area (Å²) in [7, 11) is 0. The largest absolute Gasteiger partial charge is 0.486 e. The van der Waals surface area contributed by atoms with E-state index in [-0.39, 0.29) is 17.3 Å². The molecule has 1 aromatic rings. The van der Waals surface area contributed by atoms with Crippen molar-refractivity contribution in [3.05, 3.63) is 28.8 Å². The highest BCUT2D eigenvalue weighted by Gasteiger charge is 2.48. The fourth-order valence-corrected chi connectivity index (χ4v) is 3.24. The third-order valence-corrected chi connectivity index (χ3v) is 4.48. The summed E-state index contributed by atoms with van der Waals surface area (Å²) in [5.74, 6) is 0.628. The monoisotopic (exact) mass is 265 g/mol. The van der Waals surface area contributed by atoms with Crippen molar-refractivity contribution in [1.29, 1.82) is 0 Å². The Labute approximate surface area is 111 Å². The van der Waals surface area contributed by atoms with Crippen molar-refractivity contribution in [2.75, 3.05) is 13.1 Å². The van der Waals surface area contributed by atoms with Gasteiger partial charge in [-0.3, -0.25) is 4.79 Å². The average Bonchev–Trinajstić information content (AvgIpc) is 2.37. The van der Waals surface area contributed by atoms with Crippen LogP contribution in [-0.4, -0.2) is 24.5 Å². The highest BCUT2D eigenvalue weighted by atomic mass is 35.5. The lowest BCUT2D eigenvalue weighted by atomic mass is 9.75. The molecule has 2 heterocycles. The molecule has 3 nitrogen and oxygen atoms in total. The van der Waals surface area contributed by atoms with E-state index >= 15 is 0 Å². The van der Waals surface area contributed by atoms with Gasteiger partial charge in [0.25, 0.3) is 0 Å². The van der Waals surface area contributed by atoms with E-state index in [1.165, 1.54) is 0 Å². The van der Waals surface area contributed by atoms with Crippen LogP contribution < -0.4 is 10.1 Å². The Balaban J connectivity index is 2.07. The first-order chi connectivity index (χ1) is 8.64. The first-order valence-electron chi connectivity index (χ1n) is 6.36. The molecule has 1 atom stereocenters. The molecular weight excluding hydrogens is 250 g/mol. The molecule has 4 heteroatoms. The van der Waals surface area contributed by atoms with Crippen molar-refractivity contribution in [3.63, 3.8) is 0 Å². The minimum absolute atomic E-state index is 0.115. The van der Waals surface area contributed by atoms with Gasteiger partial charge in [0.05, 0.1) is 16.5 Å². The van der Waals surface area contributed by atoms with Crippen molar-refractivity contribution in [2.24, 2.45) is 5.92 Å². The number of ketones is 1. The maximum absolute atomic E-state index is 12.5. The van der Waals surface area contributed by atoms with Crippen LogP contribution in [0.3, 0.4) is 0 Å². The van der Waals surface area contributed by atoms with Crippen molar-refractivity contribution in [2.45, 2.75) is 25.4 Å². The number of hydrogen-bond donors (Lipinski definition) is 1. The number of carbonyl (C=O) groups is 1. The smallest absolute Gasteiger partial charge is 0.174 e. The van der Waals surface area contributed by atoms with Gasteiger partial charge in [0.1, 0.15) is 11.4 Å². The molecule has 96 valence electrons. The normalized spacial score (nSPS) is 25.7. The molecule has 3 rings (SSSR count). The summed E-state index contributed by atoms with van der Waals surface area (Å²) >= 11 is 6.12. The topological polar surface area (TPSA) is 38.3 Å². The number of Topliss-reactive ketones (excluding diaryl/α,β-unsaturated/α-hetero) is 1. The summed E-state index contributed by atoms with van der Waals surface area (Å²) in [6, 6.07) is 5.42. The summed E-state index contributed by atoms with van der Waals surface area (Å²) in [6.45, 7) is 3.75. The van der Waals surface area contributed by atoms with Crippen molar-refractivity contribution < 1.29 is 9.53 Å². The van der Waals surface area contributed by atoms with Crippen LogP contribution in [-0.2, 0) is 0 Å². The zero-order chi connectivity index (χ0) is 12.8. The molecule has 0 radical (unpaired) electrons. The predicted octanol–water partition coefficient (Wildman–Crippen LogP) is 2.67. The lowest BCUT2D eigenvalue weighted by Crippen LogP contribution is -2.55. The second kappa shape index (κ2) is 4.25. The van der Waals surface area contributed by atoms with Gasteiger partial charge in [0.2, 0.25) is 0 Å². The number of fused-ring (bicyclic) bond motifs is 1. The molecule has 2 aliphatic heterocycles. The summed E-state index contributed by atoms with van der Waals surface area (Å²) in [6.07, 6.45) is 1.73. The van der Waals surface area contributed by atoms with Crippen LogP contribution in [0.5, 0.6) is 5.75 Å². The quantitative estimate of drug-likeness (QED) is 0.784. The van der Waals surface area contributed by atoms with Gasteiger partial charge in [-0.15, -0.1) is 0 Å². The van der Waals surface area contributed by atoms with Crippen molar-refractivity contribution in [3.8, 4) is 5.75 Å². The number of carbonyl (C=O) groups excluding carboxylic acids is 1. The molecule has 1 spiro atoms. The summed E-state index contributed by atoms with van der Waals surface area (Å²) in [5.41, 5.74) is 0.204. The van der Waals surface area contributed by atoms with Gasteiger partial charge < -0.3 is 10.1 Å². The van der Waals surface area contributed by atoms with E-state index in [9.17, 15) is 4.79 Å². The maximum atomic E-state index is 12.5. The molecule has 0 bridgehead atoms. The second-order valence-corrected chi connectivity index (χ2v) is 5.52. The Morgan fingerprint density at radius 3 is 2.83 bits per heavy atom. The van der Waals surface area contributed by atoms with Crippen LogP contribution in [0.4, 0.5) is 0 Å². The second-order valence-electron chi connectivity index (χ2n) is 5.12. The number of nitrogens with one attached hydrogen (secondary N) is 1. The molecule has 0 amide bonds. The molecule has 1 fully saturated rings. The number of piperidine rings is 1. The Hall–Kier alpha value is -1.06. The van der Waals surface area contributed by atoms with E-state index in [1.807, 2.05) is 19.1 Å². The minimum atomic E-state index is -0.347. The van der Waals surface area contributed by atoms with E-state index < -0.39 is 0 Å². The third kappa shape index (κ3) is 1.65. The summed E-state index contributed by atoms with van der Waals surface area (Å²) in [4.78, 5) is 12.5. The first-order valence-corrected chi connectivity index (χ1v) is 6.74. The van der Waals surface area contributed by atoms with E-state index in [4.69, 9.17) is 16.3 Å². The van der Waals surface area contributed by atoms with Crippen LogP contribution in [0.25, 0.3) is 0 Å². The number of ether oxygens (including phenoxy) is 1. The fraction of sp³-hybridized carbons (Fsp3) is 0.500. The molecule has 0 saturated carbocycles. The highest BCUT2D eigenvalue weighted by Crippen LogP contribution is 2.43. The minimum Gasteiger partial charge on any atom is -0.486 e. The fourth-order valence-electron chi connectivity index (χ4n) is 2.98. The first kappa shape index (κ1) is 12.0. The zero-order valence-electron chi connectivity index (χ0n) is 10.3. The van der Waals surface area contributed by atoms with E-state index in [2.05, 4.69) is 5.32 Å². The van der Waals surface area contributed by atoms with Gasteiger partial charge in [0.15, 0.2) is 5.78 Å². The molecule has 1 N–H and O–H groups in total. The lowest BCUT2D eigenvalue weighted by Gasteiger charge is -2.45. The van der Waals surface area contributed by atoms with Crippen molar-refractivity contribution in [1.82, 2.24) is 5.32 Å². The Morgan fingerprint density at radius 2 is 2.11 bits per heavy atom. The van der Waals surface area contributed by atoms with Crippen LogP contribution in [0.15, 0.2) is 18.2 Å². The Morgan fingerprint density at radius 1 is 1.39 bits per heavy atom. The van der Waals surface area contributed by atoms with E-state index in [0.717, 1.165) is 25.9 Å². The molecule has 0 aromatic heterocycles. The van der Waals surface area contributed by atoms with E-state index in [0.29, 0.717) is 16.3 Å². The zero-order valence-corrected chi connectivity index (χ0v) is 11.1. The van der Waals surface area contributed by atoms with Gasteiger partial charge in [-0.25, -0.2) is 0 Å². The van der Waals surface area contributed by atoms with Crippen LogP contribution in [0, 0.1) is 5.92 Å². The number of halogens is 1. The van der Waals surface area contributed by atoms with Gasteiger partial charge >= 0.3 is 0 Å². The molecule has 18 heavy (non-hydrogen) atoms. The Kier molecular flexibility index (Phi) is 2.83. The predicted molar refractivity (Wildman–Crippen MR) is 70.4 cm³/mol. The molecule has 1 aromatic carbocycles. The SMILES string of the molecule is CC1C(=O)c2c(Cl)cccc2OC12CCNCC2. The molecular formula is C14H16ClNO2. The molecule has 0 aliphatic carbocycles. The van der Waals surface area contributed by atoms with Crippen molar-refractivity contribution >= 4 is 17.4 Å². The van der Waals surface area contributed by atoms with Crippen LogP contribution in [0.1, 0.15) is 30.1 Å². The average molecular weight is 266 g/mol. The Bertz CT molecular complexity index is 495. The number of hydrogen-bond acceptors (Lipinski definition) is 3. The van der Waals surface area contributed by atoms with Gasteiger partial charge in [0, 0.05) is 12.8 Å². The van der Waals surface area contributed by atoms with Gasteiger partial charge in [-0.1, -0.05) is 24.6 Å². The highest BCUT2D eigenvalue weighted by molar-refractivity contribution is 6.34. The van der Waals surface area contributed by atoms with E-state index in [1.54, 1.807) is 6.07 Å².